The first-order valence-corrected chi connectivity index (χ1v) is 7.23. The van der Waals surface area contributed by atoms with Crippen molar-refractivity contribution in [3.8, 4) is 0 Å². The van der Waals surface area contributed by atoms with Gasteiger partial charge in [0.2, 0.25) is 5.91 Å². The second-order valence-electron chi connectivity index (χ2n) is 5.07. The Balaban J connectivity index is 2.17. The largest absolute Gasteiger partial charge is 0.329 e. The number of carbonyl (C=O) groups is 1. The van der Waals surface area contributed by atoms with Crippen LogP contribution in [0.3, 0.4) is 0 Å². The van der Waals surface area contributed by atoms with Crippen molar-refractivity contribution in [3.63, 3.8) is 0 Å². The predicted octanol–water partition coefficient (Wildman–Crippen LogP) is 2.81. The Hall–Kier alpha value is -1.47. The lowest BCUT2D eigenvalue weighted by atomic mass is 9.85. The molecule has 1 aliphatic carbocycles. The minimum atomic E-state index is -0.499. The summed E-state index contributed by atoms with van der Waals surface area (Å²) in [5, 5.41) is 13.5. The molecule has 3 N–H and O–H groups in total. The van der Waals surface area contributed by atoms with Crippen LogP contribution in [0, 0.1) is 15.5 Å². The maximum atomic E-state index is 12.4. The van der Waals surface area contributed by atoms with Gasteiger partial charge >= 0.3 is 0 Å². The molecule has 0 aliphatic heterocycles. The van der Waals surface area contributed by atoms with Gasteiger partial charge in [-0.1, -0.05) is 12.8 Å². The molecule has 6 nitrogen and oxygen atoms in total. The lowest BCUT2D eigenvalue weighted by Gasteiger charge is -2.25. The average molecular weight is 342 g/mol. The highest BCUT2D eigenvalue weighted by atomic mass is 79.9. The van der Waals surface area contributed by atoms with Gasteiger partial charge in [-0.25, -0.2) is 0 Å². The number of nitrogens with two attached hydrogens (primary N) is 1. The number of nitro groups is 1. The molecule has 1 aliphatic rings. The van der Waals surface area contributed by atoms with E-state index in [1.165, 1.54) is 18.2 Å². The number of non-ortho nitro benzene ring substituents is 1. The molecule has 0 saturated heterocycles. The SMILES string of the molecule is NCC1(C(=O)Nc2ccc([N+](=O)[O-])cc2Br)CCCC1. The van der Waals surface area contributed by atoms with Gasteiger partial charge in [0.05, 0.1) is 16.0 Å². The van der Waals surface area contributed by atoms with Crippen molar-refractivity contribution < 1.29 is 9.72 Å². The van der Waals surface area contributed by atoms with E-state index in [0.29, 0.717) is 16.7 Å². The van der Waals surface area contributed by atoms with E-state index in [1.807, 2.05) is 0 Å². The third-order valence-corrected chi connectivity index (χ3v) is 4.50. The van der Waals surface area contributed by atoms with Crippen LogP contribution < -0.4 is 11.1 Å². The van der Waals surface area contributed by atoms with Crippen LogP contribution in [0.4, 0.5) is 11.4 Å². The van der Waals surface area contributed by atoms with Gasteiger partial charge in [0.25, 0.3) is 5.69 Å². The second kappa shape index (κ2) is 5.88. The maximum Gasteiger partial charge on any atom is 0.270 e. The summed E-state index contributed by atoms with van der Waals surface area (Å²) in [4.78, 5) is 22.6. The van der Waals surface area contributed by atoms with Crippen molar-refractivity contribution in [1.82, 2.24) is 0 Å². The molecule has 0 heterocycles. The monoisotopic (exact) mass is 341 g/mol. The number of nitrogens with zero attached hydrogens (tertiary/aromatic N) is 1. The van der Waals surface area contributed by atoms with E-state index in [2.05, 4.69) is 21.2 Å². The van der Waals surface area contributed by atoms with Gasteiger partial charge in [0.1, 0.15) is 0 Å². The van der Waals surface area contributed by atoms with Crippen LogP contribution in [0.1, 0.15) is 25.7 Å². The molecule has 0 unspecified atom stereocenters. The number of benzene rings is 1. The number of anilines is 1. The highest BCUT2D eigenvalue weighted by molar-refractivity contribution is 9.10. The summed E-state index contributed by atoms with van der Waals surface area (Å²) in [6.45, 7) is 0.323. The number of rotatable bonds is 4. The summed E-state index contributed by atoms with van der Waals surface area (Å²) in [6.07, 6.45) is 3.60. The van der Waals surface area contributed by atoms with Crippen molar-refractivity contribution in [2.75, 3.05) is 11.9 Å². The maximum absolute atomic E-state index is 12.4. The molecule has 20 heavy (non-hydrogen) atoms. The minimum absolute atomic E-state index is 0.0238. The molecule has 1 amide bonds. The number of halogens is 1. The Morgan fingerprint density at radius 2 is 2.10 bits per heavy atom. The fourth-order valence-electron chi connectivity index (χ4n) is 2.55. The second-order valence-corrected chi connectivity index (χ2v) is 5.92. The number of carbonyl (C=O) groups excluding carboxylic acids is 1. The minimum Gasteiger partial charge on any atom is -0.329 e. The summed E-state index contributed by atoms with van der Waals surface area (Å²) in [5.41, 5.74) is 5.77. The fraction of sp³-hybridized carbons (Fsp3) is 0.462. The zero-order valence-electron chi connectivity index (χ0n) is 10.9. The third-order valence-electron chi connectivity index (χ3n) is 3.84. The Bertz CT molecular complexity index is 542. The first-order valence-electron chi connectivity index (χ1n) is 6.44. The van der Waals surface area contributed by atoms with E-state index in [4.69, 9.17) is 5.73 Å². The van der Waals surface area contributed by atoms with Gasteiger partial charge in [-0.15, -0.1) is 0 Å². The summed E-state index contributed by atoms with van der Waals surface area (Å²) in [6, 6.07) is 4.27. The van der Waals surface area contributed by atoms with Crippen LogP contribution in [-0.2, 0) is 4.79 Å². The van der Waals surface area contributed by atoms with E-state index < -0.39 is 10.3 Å². The molecule has 2 rings (SSSR count). The normalized spacial score (nSPS) is 16.9. The number of hydrogen-bond donors (Lipinski definition) is 2. The molecule has 1 saturated carbocycles. The van der Waals surface area contributed by atoms with E-state index >= 15 is 0 Å². The van der Waals surface area contributed by atoms with E-state index in [0.717, 1.165) is 25.7 Å². The summed E-state index contributed by atoms with van der Waals surface area (Å²) >= 11 is 3.24. The Morgan fingerprint density at radius 3 is 2.60 bits per heavy atom. The van der Waals surface area contributed by atoms with Crippen molar-refractivity contribution in [2.24, 2.45) is 11.1 Å². The first-order chi connectivity index (χ1) is 9.48. The average Bonchev–Trinajstić information content (AvgIpc) is 2.90. The number of hydrogen-bond acceptors (Lipinski definition) is 4. The topological polar surface area (TPSA) is 98.3 Å². The van der Waals surface area contributed by atoms with Crippen LogP contribution in [0.5, 0.6) is 0 Å². The van der Waals surface area contributed by atoms with Crippen molar-refractivity contribution >= 4 is 33.2 Å². The van der Waals surface area contributed by atoms with Crippen molar-refractivity contribution in [2.45, 2.75) is 25.7 Å². The van der Waals surface area contributed by atoms with E-state index in [1.54, 1.807) is 0 Å². The predicted molar refractivity (Wildman–Crippen MR) is 79.4 cm³/mol. The quantitative estimate of drug-likeness (QED) is 0.649. The fourth-order valence-corrected chi connectivity index (χ4v) is 3.02. The van der Waals surface area contributed by atoms with Gasteiger partial charge in [0, 0.05) is 23.2 Å². The summed E-state index contributed by atoms with van der Waals surface area (Å²) in [7, 11) is 0. The molecule has 0 atom stereocenters. The Labute approximate surface area is 125 Å². The molecule has 1 fully saturated rings. The van der Waals surface area contributed by atoms with Crippen LogP contribution in [0.15, 0.2) is 22.7 Å². The van der Waals surface area contributed by atoms with Gasteiger partial charge in [-0.2, -0.15) is 0 Å². The van der Waals surface area contributed by atoms with Crippen LogP contribution >= 0.6 is 15.9 Å². The Kier molecular flexibility index (Phi) is 4.39. The van der Waals surface area contributed by atoms with Gasteiger partial charge in [-0.05, 0) is 34.8 Å². The molecule has 0 bridgehead atoms. The van der Waals surface area contributed by atoms with E-state index in [-0.39, 0.29) is 11.6 Å². The van der Waals surface area contributed by atoms with E-state index in [9.17, 15) is 14.9 Å². The molecule has 7 heteroatoms. The highest BCUT2D eigenvalue weighted by Gasteiger charge is 2.39. The molecular formula is C13H16BrN3O3. The standard InChI is InChI=1S/C13H16BrN3O3/c14-10-7-9(17(19)20)3-4-11(10)16-12(18)13(8-15)5-1-2-6-13/h3-4,7H,1-2,5-6,8,15H2,(H,16,18). The van der Waals surface area contributed by atoms with Gasteiger partial charge in [-0.3, -0.25) is 14.9 Å². The molecule has 108 valence electrons. The van der Waals surface area contributed by atoms with Crippen LogP contribution in [-0.4, -0.2) is 17.4 Å². The smallest absolute Gasteiger partial charge is 0.270 e. The lowest BCUT2D eigenvalue weighted by molar-refractivity contribution is -0.384. The summed E-state index contributed by atoms with van der Waals surface area (Å²) < 4.78 is 0.491. The van der Waals surface area contributed by atoms with Crippen molar-refractivity contribution in [3.05, 3.63) is 32.8 Å². The number of amides is 1. The van der Waals surface area contributed by atoms with Gasteiger partial charge < -0.3 is 11.1 Å². The lowest BCUT2D eigenvalue weighted by Crippen LogP contribution is -2.40. The van der Waals surface area contributed by atoms with Crippen LogP contribution in [0.25, 0.3) is 0 Å². The Morgan fingerprint density at radius 1 is 1.45 bits per heavy atom. The summed E-state index contributed by atoms with van der Waals surface area (Å²) in [5.74, 6) is -0.105. The molecule has 1 aromatic rings. The zero-order chi connectivity index (χ0) is 14.8. The molecule has 1 aromatic carbocycles. The molecular weight excluding hydrogens is 326 g/mol. The molecule has 0 spiro atoms. The molecule has 0 aromatic heterocycles. The number of nitro benzene ring substituents is 1. The number of nitrogens with one attached hydrogen (secondary N) is 1. The first kappa shape index (κ1) is 14.9. The third kappa shape index (κ3) is 2.83. The zero-order valence-corrected chi connectivity index (χ0v) is 12.5. The molecule has 0 radical (unpaired) electrons. The van der Waals surface area contributed by atoms with Gasteiger partial charge in [0.15, 0.2) is 0 Å². The highest BCUT2D eigenvalue weighted by Crippen LogP contribution is 2.39. The van der Waals surface area contributed by atoms with Crippen LogP contribution in [0.2, 0.25) is 0 Å². The van der Waals surface area contributed by atoms with Crippen molar-refractivity contribution in [1.29, 1.82) is 0 Å².